The zero-order chi connectivity index (χ0) is 13.2. The van der Waals surface area contributed by atoms with Crippen molar-refractivity contribution in [2.75, 3.05) is 18.5 Å². The molecule has 2 atom stereocenters. The Balaban J connectivity index is 2.22. The van der Waals surface area contributed by atoms with E-state index < -0.39 is 5.54 Å². The average molecular weight is 269 g/mol. The van der Waals surface area contributed by atoms with Gasteiger partial charge in [-0.3, -0.25) is 4.79 Å². The van der Waals surface area contributed by atoms with E-state index in [9.17, 15) is 4.79 Å². The van der Waals surface area contributed by atoms with Crippen molar-refractivity contribution >= 4 is 23.2 Å². The Morgan fingerprint density at radius 3 is 2.94 bits per heavy atom. The summed E-state index contributed by atoms with van der Waals surface area (Å²) >= 11 is 5.93. The molecule has 98 valence electrons. The molecule has 2 rings (SSSR count). The predicted molar refractivity (Wildman–Crippen MR) is 71.6 cm³/mol. The van der Waals surface area contributed by atoms with Crippen molar-refractivity contribution in [1.82, 2.24) is 0 Å². The number of nitrogens with one attached hydrogen (secondary N) is 1. The Hall–Kier alpha value is -1.26. The minimum absolute atomic E-state index is 0.0778. The molecule has 1 aromatic rings. The van der Waals surface area contributed by atoms with Crippen LogP contribution in [0.15, 0.2) is 24.3 Å². The van der Waals surface area contributed by atoms with Gasteiger partial charge in [-0.1, -0.05) is 17.7 Å². The monoisotopic (exact) mass is 268 g/mol. The Bertz CT molecular complexity index is 446. The molecule has 0 bridgehead atoms. The second-order valence-electron chi connectivity index (χ2n) is 4.76. The smallest absolute Gasteiger partial charge is 0.243 e. The summed E-state index contributed by atoms with van der Waals surface area (Å²) in [7, 11) is 0. The molecule has 1 fully saturated rings. The molecule has 5 heteroatoms. The third-order valence-electron chi connectivity index (χ3n) is 3.49. The zero-order valence-corrected chi connectivity index (χ0v) is 11.0. The van der Waals surface area contributed by atoms with Gasteiger partial charge in [-0.2, -0.15) is 0 Å². The maximum absolute atomic E-state index is 11.8. The molecule has 4 nitrogen and oxygen atoms in total. The van der Waals surface area contributed by atoms with E-state index in [1.165, 1.54) is 0 Å². The quantitative estimate of drug-likeness (QED) is 0.878. The minimum atomic E-state index is -0.818. The van der Waals surface area contributed by atoms with Gasteiger partial charge in [-0.25, -0.2) is 0 Å². The first-order valence-corrected chi connectivity index (χ1v) is 6.31. The number of rotatable bonds is 4. The van der Waals surface area contributed by atoms with Gasteiger partial charge in [0.15, 0.2) is 0 Å². The van der Waals surface area contributed by atoms with Gasteiger partial charge >= 0.3 is 0 Å². The van der Waals surface area contributed by atoms with Gasteiger partial charge in [0.05, 0.1) is 6.61 Å². The molecule has 0 spiro atoms. The molecular formula is C13H17ClN2O2. The van der Waals surface area contributed by atoms with Gasteiger partial charge in [-0.05, 0) is 31.5 Å². The molecule has 1 aliphatic rings. The lowest BCUT2D eigenvalue weighted by atomic mass is 9.84. The number of benzene rings is 1. The highest BCUT2D eigenvalue weighted by Crippen LogP contribution is 2.30. The van der Waals surface area contributed by atoms with Crippen molar-refractivity contribution < 1.29 is 9.53 Å². The molecule has 0 aromatic heterocycles. The number of halogens is 1. The van der Waals surface area contributed by atoms with Crippen LogP contribution in [0.5, 0.6) is 0 Å². The Kier molecular flexibility index (Phi) is 3.78. The van der Waals surface area contributed by atoms with Crippen LogP contribution in [-0.4, -0.2) is 24.7 Å². The Morgan fingerprint density at radius 1 is 1.61 bits per heavy atom. The lowest BCUT2D eigenvalue weighted by Gasteiger charge is -2.33. The molecule has 1 amide bonds. The summed E-state index contributed by atoms with van der Waals surface area (Å²) in [6, 6.07) is 7.26. The number of hydrogen-bond acceptors (Lipinski definition) is 3. The number of ether oxygens (including phenoxy) is 1. The molecule has 2 unspecified atom stereocenters. The number of hydrogen-bond donors (Lipinski definition) is 2. The van der Waals surface area contributed by atoms with Crippen LogP contribution in [0.1, 0.15) is 13.3 Å². The standard InChI is InChI=1S/C13H17ClN2O2/c1-13(12(15)17,9-5-6-18-8-9)16-11-4-2-3-10(14)7-11/h2-4,7,9,16H,5-6,8H2,1H3,(H2,15,17). The van der Waals surface area contributed by atoms with Crippen molar-refractivity contribution in [2.45, 2.75) is 18.9 Å². The minimum Gasteiger partial charge on any atom is -0.381 e. The van der Waals surface area contributed by atoms with Crippen LogP contribution in [0.2, 0.25) is 5.02 Å². The van der Waals surface area contributed by atoms with Gasteiger partial charge in [0, 0.05) is 23.2 Å². The SMILES string of the molecule is CC(Nc1cccc(Cl)c1)(C(N)=O)C1CCOC1. The number of amides is 1. The number of primary amides is 1. The summed E-state index contributed by atoms with van der Waals surface area (Å²) in [6.07, 6.45) is 0.826. The number of nitrogens with two attached hydrogens (primary N) is 1. The second-order valence-corrected chi connectivity index (χ2v) is 5.20. The van der Waals surface area contributed by atoms with E-state index in [-0.39, 0.29) is 11.8 Å². The molecular weight excluding hydrogens is 252 g/mol. The maximum Gasteiger partial charge on any atom is 0.243 e. The topological polar surface area (TPSA) is 64.3 Å². The lowest BCUT2D eigenvalue weighted by molar-refractivity contribution is -0.123. The van der Waals surface area contributed by atoms with Gasteiger partial charge in [-0.15, -0.1) is 0 Å². The van der Waals surface area contributed by atoms with E-state index >= 15 is 0 Å². The first-order chi connectivity index (χ1) is 8.52. The fourth-order valence-corrected chi connectivity index (χ4v) is 2.41. The van der Waals surface area contributed by atoms with Crippen LogP contribution in [0.4, 0.5) is 5.69 Å². The Morgan fingerprint density at radius 2 is 2.39 bits per heavy atom. The van der Waals surface area contributed by atoms with E-state index in [1.54, 1.807) is 12.1 Å². The molecule has 0 radical (unpaired) electrons. The molecule has 18 heavy (non-hydrogen) atoms. The predicted octanol–water partition coefficient (Wildman–Crippen LogP) is 2.03. The second kappa shape index (κ2) is 5.16. The summed E-state index contributed by atoms with van der Waals surface area (Å²) in [4.78, 5) is 11.8. The van der Waals surface area contributed by atoms with Crippen LogP contribution >= 0.6 is 11.6 Å². The summed E-state index contributed by atoms with van der Waals surface area (Å²) in [6.45, 7) is 3.04. The third-order valence-corrected chi connectivity index (χ3v) is 3.72. The van der Waals surface area contributed by atoms with Crippen molar-refractivity contribution in [3.63, 3.8) is 0 Å². The molecule has 1 heterocycles. The van der Waals surface area contributed by atoms with Gasteiger partial charge in [0.25, 0.3) is 0 Å². The molecule has 3 N–H and O–H groups in total. The van der Waals surface area contributed by atoms with Crippen molar-refractivity contribution in [3.05, 3.63) is 29.3 Å². The van der Waals surface area contributed by atoms with Crippen molar-refractivity contribution in [2.24, 2.45) is 11.7 Å². The molecule has 0 saturated carbocycles. The number of anilines is 1. The highest BCUT2D eigenvalue weighted by Gasteiger charge is 2.41. The highest BCUT2D eigenvalue weighted by molar-refractivity contribution is 6.30. The fourth-order valence-electron chi connectivity index (χ4n) is 2.22. The van der Waals surface area contributed by atoms with E-state index in [4.69, 9.17) is 22.1 Å². The van der Waals surface area contributed by atoms with E-state index in [0.717, 1.165) is 12.1 Å². The zero-order valence-electron chi connectivity index (χ0n) is 10.3. The first-order valence-electron chi connectivity index (χ1n) is 5.94. The number of carbonyl (C=O) groups is 1. The lowest BCUT2D eigenvalue weighted by Crippen LogP contribution is -2.53. The van der Waals surface area contributed by atoms with Gasteiger partial charge in [0.2, 0.25) is 5.91 Å². The van der Waals surface area contributed by atoms with Crippen LogP contribution in [-0.2, 0) is 9.53 Å². The van der Waals surface area contributed by atoms with Gasteiger partial charge in [0.1, 0.15) is 5.54 Å². The van der Waals surface area contributed by atoms with Crippen LogP contribution in [0.25, 0.3) is 0 Å². The molecule has 1 aliphatic heterocycles. The largest absolute Gasteiger partial charge is 0.381 e. The van der Waals surface area contributed by atoms with Crippen molar-refractivity contribution in [3.8, 4) is 0 Å². The summed E-state index contributed by atoms with van der Waals surface area (Å²) in [5, 5.41) is 3.82. The van der Waals surface area contributed by atoms with Crippen LogP contribution < -0.4 is 11.1 Å². The van der Waals surface area contributed by atoms with Crippen LogP contribution in [0.3, 0.4) is 0 Å². The van der Waals surface area contributed by atoms with Crippen LogP contribution in [0, 0.1) is 5.92 Å². The Labute approximate surface area is 111 Å². The highest BCUT2D eigenvalue weighted by atomic mass is 35.5. The van der Waals surface area contributed by atoms with E-state index in [2.05, 4.69) is 5.32 Å². The first kappa shape index (κ1) is 13.2. The normalized spacial score (nSPS) is 22.4. The van der Waals surface area contributed by atoms with Crippen molar-refractivity contribution in [1.29, 1.82) is 0 Å². The van der Waals surface area contributed by atoms with E-state index in [1.807, 2.05) is 19.1 Å². The maximum atomic E-state index is 11.8. The van der Waals surface area contributed by atoms with Gasteiger partial charge < -0.3 is 15.8 Å². The average Bonchev–Trinajstić information content (AvgIpc) is 2.82. The van der Waals surface area contributed by atoms with E-state index in [0.29, 0.717) is 18.2 Å². The summed E-state index contributed by atoms with van der Waals surface area (Å²) < 4.78 is 5.34. The summed E-state index contributed by atoms with van der Waals surface area (Å²) in [5.74, 6) is -0.299. The summed E-state index contributed by atoms with van der Waals surface area (Å²) in [5.41, 5.74) is 5.52. The third kappa shape index (κ3) is 2.60. The fraction of sp³-hybridized carbons (Fsp3) is 0.462. The number of carbonyl (C=O) groups excluding carboxylic acids is 1. The molecule has 1 saturated heterocycles. The molecule has 0 aliphatic carbocycles. The molecule has 1 aromatic carbocycles.